The van der Waals surface area contributed by atoms with E-state index in [1.807, 2.05) is 0 Å². The molecule has 0 bridgehead atoms. The molecular formula is C26H43NaO10S. The van der Waals surface area contributed by atoms with Crippen molar-refractivity contribution in [3.63, 3.8) is 0 Å². The van der Waals surface area contributed by atoms with Crippen LogP contribution in [0.3, 0.4) is 0 Å². The molecule has 1 N–H and O–H groups in total. The van der Waals surface area contributed by atoms with Crippen molar-refractivity contribution in [1.29, 1.82) is 0 Å². The Labute approximate surface area is 249 Å². The van der Waals surface area contributed by atoms with Gasteiger partial charge in [0.15, 0.2) is 5.25 Å². The summed E-state index contributed by atoms with van der Waals surface area (Å²) in [6.45, 7) is 0.101. The zero-order valence-electron chi connectivity index (χ0n) is 23.0. The van der Waals surface area contributed by atoms with Gasteiger partial charge in [-0.05, 0) is 32.1 Å². The predicted molar refractivity (Wildman–Crippen MR) is 135 cm³/mol. The summed E-state index contributed by atoms with van der Waals surface area (Å²) < 4.78 is 48.8. The fraction of sp³-hybridized carbons (Fsp3) is 0.808. The molecule has 0 aromatic heterocycles. The minimum atomic E-state index is -5.14. The number of cyclic esters (lactones) is 2. The van der Waals surface area contributed by atoms with E-state index in [2.05, 4.69) is 19.1 Å². The Morgan fingerprint density at radius 2 is 1.55 bits per heavy atom. The Hall–Kier alpha value is -0.980. The zero-order valence-corrected chi connectivity index (χ0v) is 25.8. The van der Waals surface area contributed by atoms with Crippen molar-refractivity contribution in [3.05, 3.63) is 12.2 Å². The molecule has 1 aliphatic rings. The van der Waals surface area contributed by atoms with Gasteiger partial charge in [0.05, 0.1) is 18.4 Å². The maximum atomic E-state index is 12.1. The van der Waals surface area contributed by atoms with Crippen LogP contribution in [0.15, 0.2) is 12.2 Å². The standard InChI is InChI=1S/C26H44O10S.Na/c1-2-3-4-5-6-7-8-9-10-11-12-13-14-15-16-23(28)34-19-26(18-27)20-35-24(29)17-22(37(31,32)33)25(30)36-21-26;/h8-9,22,27H,2-7,10-21H2,1H3,(H,31,32,33);/q;+1/p-1/b9-8-;. The Kier molecular flexibility index (Phi) is 20.3. The van der Waals surface area contributed by atoms with E-state index in [1.54, 1.807) is 0 Å². The number of esters is 3. The number of ether oxygens (including phenoxy) is 3. The van der Waals surface area contributed by atoms with Gasteiger partial charge in [0.1, 0.15) is 29.9 Å². The van der Waals surface area contributed by atoms with E-state index in [9.17, 15) is 32.5 Å². The average molecular weight is 571 g/mol. The fourth-order valence-electron chi connectivity index (χ4n) is 3.80. The van der Waals surface area contributed by atoms with Gasteiger partial charge in [0, 0.05) is 6.42 Å². The molecule has 1 aliphatic heterocycles. The van der Waals surface area contributed by atoms with Gasteiger partial charge in [0.2, 0.25) is 0 Å². The molecule has 1 saturated heterocycles. The Morgan fingerprint density at radius 1 is 1.00 bits per heavy atom. The Bertz CT molecular complexity index is 830. The molecule has 214 valence electrons. The first-order valence-electron chi connectivity index (χ1n) is 13.3. The van der Waals surface area contributed by atoms with E-state index < -0.39 is 71.5 Å². The quantitative estimate of drug-likeness (QED) is 0.0617. The number of unbranched alkanes of at least 4 members (excludes halogenated alkanes) is 10. The van der Waals surface area contributed by atoms with Crippen LogP contribution in [0.25, 0.3) is 0 Å². The summed E-state index contributed by atoms with van der Waals surface area (Å²) in [4.78, 5) is 36.0. The van der Waals surface area contributed by atoms with Crippen LogP contribution in [-0.4, -0.2) is 67.7 Å². The number of hydrogen-bond acceptors (Lipinski definition) is 10. The van der Waals surface area contributed by atoms with Crippen LogP contribution in [0, 0.1) is 5.41 Å². The largest absolute Gasteiger partial charge is 1.00 e. The van der Waals surface area contributed by atoms with Crippen molar-refractivity contribution in [2.24, 2.45) is 5.41 Å². The van der Waals surface area contributed by atoms with E-state index in [0.717, 1.165) is 38.5 Å². The second kappa shape index (κ2) is 20.9. The summed E-state index contributed by atoms with van der Waals surface area (Å²) in [5.74, 6) is -3.02. The van der Waals surface area contributed by atoms with Crippen molar-refractivity contribution in [1.82, 2.24) is 0 Å². The minimum absolute atomic E-state index is 0. The van der Waals surface area contributed by atoms with Gasteiger partial charge in [-0.3, -0.25) is 14.4 Å². The van der Waals surface area contributed by atoms with Gasteiger partial charge in [0.25, 0.3) is 0 Å². The molecule has 1 rings (SSSR count). The molecule has 2 unspecified atom stereocenters. The smallest absolute Gasteiger partial charge is 0.747 e. The molecule has 12 heteroatoms. The molecule has 0 radical (unpaired) electrons. The number of hydrogen-bond donors (Lipinski definition) is 1. The number of rotatable bonds is 18. The molecule has 2 atom stereocenters. The van der Waals surface area contributed by atoms with Gasteiger partial charge in [-0.25, -0.2) is 8.42 Å². The number of carbonyl (C=O) groups is 3. The van der Waals surface area contributed by atoms with Gasteiger partial charge in [-0.15, -0.1) is 0 Å². The molecule has 0 saturated carbocycles. The van der Waals surface area contributed by atoms with Crippen LogP contribution in [0.5, 0.6) is 0 Å². The maximum absolute atomic E-state index is 12.1. The monoisotopic (exact) mass is 570 g/mol. The van der Waals surface area contributed by atoms with Gasteiger partial charge in [-0.2, -0.15) is 0 Å². The van der Waals surface area contributed by atoms with Crippen LogP contribution in [0.4, 0.5) is 0 Å². The third-order valence-corrected chi connectivity index (χ3v) is 7.35. The second-order valence-electron chi connectivity index (χ2n) is 9.75. The SMILES string of the molecule is CCCCCCC/C=C\CCCCCCCC(=O)OCC1(CO)COC(=O)CC(S(=O)(=O)[O-])C(=O)OC1.[Na+]. The van der Waals surface area contributed by atoms with Crippen LogP contribution < -0.4 is 29.6 Å². The van der Waals surface area contributed by atoms with Crippen molar-refractivity contribution in [2.45, 2.75) is 102 Å². The van der Waals surface area contributed by atoms with E-state index in [1.165, 1.54) is 32.1 Å². The van der Waals surface area contributed by atoms with E-state index in [0.29, 0.717) is 6.42 Å². The molecular weight excluding hydrogens is 527 g/mol. The van der Waals surface area contributed by atoms with Crippen molar-refractivity contribution < 1.29 is 76.2 Å². The van der Waals surface area contributed by atoms with Crippen LogP contribution in [0.2, 0.25) is 0 Å². The van der Waals surface area contributed by atoms with Crippen molar-refractivity contribution in [3.8, 4) is 0 Å². The summed E-state index contributed by atoms with van der Waals surface area (Å²) >= 11 is 0. The Balaban J connectivity index is 0.0000137. The third-order valence-electron chi connectivity index (χ3n) is 6.29. The molecule has 10 nitrogen and oxygen atoms in total. The topological polar surface area (TPSA) is 156 Å². The molecule has 0 aliphatic carbocycles. The first-order chi connectivity index (χ1) is 17.6. The first kappa shape index (κ1) is 37.0. The molecule has 1 fully saturated rings. The summed E-state index contributed by atoms with van der Waals surface area (Å²) in [5, 5.41) is 7.58. The number of aliphatic hydroxyl groups is 1. The summed E-state index contributed by atoms with van der Waals surface area (Å²) in [6, 6.07) is 0. The molecule has 0 aromatic rings. The molecule has 0 amide bonds. The van der Waals surface area contributed by atoms with Gasteiger partial charge >= 0.3 is 47.5 Å². The van der Waals surface area contributed by atoms with Crippen LogP contribution >= 0.6 is 0 Å². The summed E-state index contributed by atoms with van der Waals surface area (Å²) in [6.07, 6.45) is 17.1. The van der Waals surface area contributed by atoms with Crippen LogP contribution in [0.1, 0.15) is 96.8 Å². The Morgan fingerprint density at radius 3 is 2.13 bits per heavy atom. The maximum Gasteiger partial charge on any atom is 1.00 e. The van der Waals surface area contributed by atoms with E-state index in [4.69, 9.17) is 14.2 Å². The predicted octanol–water partition coefficient (Wildman–Crippen LogP) is 0.564. The average Bonchev–Trinajstić information content (AvgIpc) is 2.92. The summed E-state index contributed by atoms with van der Waals surface area (Å²) in [5.41, 5.74) is -1.45. The number of allylic oxidation sites excluding steroid dienone is 2. The molecule has 0 spiro atoms. The fourth-order valence-corrected chi connectivity index (χ4v) is 4.44. The number of carbonyl (C=O) groups excluding carboxylic acids is 3. The van der Waals surface area contributed by atoms with Gasteiger partial charge in [-0.1, -0.05) is 64.0 Å². The van der Waals surface area contributed by atoms with E-state index in [-0.39, 0.29) is 36.0 Å². The molecule has 0 aromatic carbocycles. The zero-order chi connectivity index (χ0) is 27.6. The van der Waals surface area contributed by atoms with E-state index >= 15 is 0 Å². The van der Waals surface area contributed by atoms with Crippen molar-refractivity contribution >= 4 is 28.0 Å². The summed E-state index contributed by atoms with van der Waals surface area (Å²) in [7, 11) is -5.14. The normalized spacial score (nSPS) is 20.6. The van der Waals surface area contributed by atoms with Crippen molar-refractivity contribution in [2.75, 3.05) is 26.4 Å². The third kappa shape index (κ3) is 16.2. The molecule has 38 heavy (non-hydrogen) atoms. The second-order valence-corrected chi connectivity index (χ2v) is 11.3. The number of aliphatic hydroxyl groups excluding tert-OH is 1. The van der Waals surface area contributed by atoms with Gasteiger partial charge < -0.3 is 23.9 Å². The first-order valence-corrected chi connectivity index (χ1v) is 14.8. The van der Waals surface area contributed by atoms with Crippen LogP contribution in [-0.2, 0) is 38.7 Å². The molecule has 1 heterocycles. The minimum Gasteiger partial charge on any atom is -0.747 e.